The molecule has 0 amide bonds. The summed E-state index contributed by atoms with van der Waals surface area (Å²) < 4.78 is 2.19. The van der Waals surface area contributed by atoms with Gasteiger partial charge in [0.1, 0.15) is 0 Å². The summed E-state index contributed by atoms with van der Waals surface area (Å²) in [4.78, 5) is 11.3. The summed E-state index contributed by atoms with van der Waals surface area (Å²) in [5, 5.41) is 10.3. The summed E-state index contributed by atoms with van der Waals surface area (Å²) in [6.45, 7) is 4.08. The SMILES string of the molecule is CCc1cc(C(=O)O)cc2c(CCN)cn(CCCN)c12. The number of nitrogens with zero attached hydrogens (tertiary/aromatic N) is 1. The standard InChI is InChI=1S/C16H23N3O2/c1-2-11-8-13(16(20)21)9-14-12(4-6-18)10-19(15(11)14)7-3-5-17/h8-10H,2-7,17-18H2,1H3,(H,20,21). The third-order valence-electron chi connectivity index (χ3n) is 3.78. The topological polar surface area (TPSA) is 94.3 Å². The number of fused-ring (bicyclic) bond motifs is 1. The molecule has 0 saturated heterocycles. The van der Waals surface area contributed by atoms with Crippen LogP contribution in [-0.4, -0.2) is 28.7 Å². The quantitative estimate of drug-likeness (QED) is 0.723. The first kappa shape index (κ1) is 15.5. The maximum atomic E-state index is 11.3. The normalized spacial score (nSPS) is 11.2. The first-order chi connectivity index (χ1) is 10.1. The van der Waals surface area contributed by atoms with Crippen molar-refractivity contribution in [2.45, 2.75) is 32.7 Å². The van der Waals surface area contributed by atoms with Crippen LogP contribution in [0, 0.1) is 0 Å². The van der Waals surface area contributed by atoms with Crippen molar-refractivity contribution in [3.05, 3.63) is 35.0 Å². The fourth-order valence-electron chi connectivity index (χ4n) is 2.79. The predicted molar refractivity (Wildman–Crippen MR) is 84.7 cm³/mol. The van der Waals surface area contributed by atoms with Crippen molar-refractivity contribution in [2.75, 3.05) is 13.1 Å². The van der Waals surface area contributed by atoms with Crippen LogP contribution in [0.25, 0.3) is 10.9 Å². The van der Waals surface area contributed by atoms with E-state index in [4.69, 9.17) is 11.5 Å². The first-order valence-corrected chi connectivity index (χ1v) is 7.40. The Morgan fingerprint density at radius 1 is 1.24 bits per heavy atom. The Bertz CT molecular complexity index is 646. The van der Waals surface area contributed by atoms with Gasteiger partial charge in [-0.3, -0.25) is 0 Å². The molecule has 5 nitrogen and oxygen atoms in total. The van der Waals surface area contributed by atoms with Crippen molar-refractivity contribution in [2.24, 2.45) is 11.5 Å². The van der Waals surface area contributed by atoms with Crippen LogP contribution < -0.4 is 11.5 Å². The number of aryl methyl sites for hydroxylation is 2. The monoisotopic (exact) mass is 289 g/mol. The number of aromatic carboxylic acids is 1. The molecular weight excluding hydrogens is 266 g/mol. The summed E-state index contributed by atoms with van der Waals surface area (Å²) in [5.74, 6) is -0.889. The summed E-state index contributed by atoms with van der Waals surface area (Å²) in [6.07, 6.45) is 4.54. The minimum atomic E-state index is -0.889. The number of nitrogens with two attached hydrogens (primary N) is 2. The highest BCUT2D eigenvalue weighted by molar-refractivity contribution is 5.96. The average Bonchev–Trinajstić information content (AvgIpc) is 2.82. The Balaban J connectivity index is 2.67. The molecule has 21 heavy (non-hydrogen) atoms. The van der Waals surface area contributed by atoms with Gasteiger partial charge in [-0.25, -0.2) is 4.79 Å². The predicted octanol–water partition coefficient (Wildman–Crippen LogP) is 1.75. The highest BCUT2D eigenvalue weighted by Gasteiger charge is 2.15. The van der Waals surface area contributed by atoms with Crippen LogP contribution in [0.4, 0.5) is 0 Å². The molecule has 114 valence electrons. The van der Waals surface area contributed by atoms with Gasteiger partial charge in [-0.2, -0.15) is 0 Å². The van der Waals surface area contributed by atoms with Crippen LogP contribution in [-0.2, 0) is 19.4 Å². The number of aromatic nitrogens is 1. The number of carboxylic acids is 1. The average molecular weight is 289 g/mol. The van der Waals surface area contributed by atoms with E-state index in [1.807, 2.05) is 6.92 Å². The van der Waals surface area contributed by atoms with Gasteiger partial charge in [0.25, 0.3) is 0 Å². The largest absolute Gasteiger partial charge is 0.478 e. The molecule has 0 bridgehead atoms. The number of rotatable bonds is 7. The molecule has 0 unspecified atom stereocenters. The molecule has 0 fully saturated rings. The minimum absolute atomic E-state index is 0.342. The highest BCUT2D eigenvalue weighted by Crippen LogP contribution is 2.28. The smallest absolute Gasteiger partial charge is 0.335 e. The van der Waals surface area contributed by atoms with Gasteiger partial charge in [0.2, 0.25) is 0 Å². The summed E-state index contributed by atoms with van der Waals surface area (Å²) in [6, 6.07) is 3.54. The number of carbonyl (C=O) groups is 1. The van der Waals surface area contributed by atoms with E-state index in [-0.39, 0.29) is 0 Å². The lowest BCUT2D eigenvalue weighted by Gasteiger charge is -2.09. The zero-order valence-electron chi connectivity index (χ0n) is 12.4. The number of carboxylic acid groups (broad SMARTS) is 1. The van der Waals surface area contributed by atoms with E-state index < -0.39 is 5.97 Å². The Morgan fingerprint density at radius 2 is 2.00 bits per heavy atom. The first-order valence-electron chi connectivity index (χ1n) is 7.40. The van der Waals surface area contributed by atoms with Crippen LogP contribution in [0.15, 0.2) is 18.3 Å². The number of hydrogen-bond donors (Lipinski definition) is 3. The third kappa shape index (κ3) is 3.09. The fourth-order valence-corrected chi connectivity index (χ4v) is 2.79. The van der Waals surface area contributed by atoms with Crippen molar-refractivity contribution in [3.63, 3.8) is 0 Å². The minimum Gasteiger partial charge on any atom is -0.478 e. The molecule has 1 heterocycles. The van der Waals surface area contributed by atoms with Crippen molar-refractivity contribution < 1.29 is 9.90 Å². The van der Waals surface area contributed by atoms with Gasteiger partial charge in [0, 0.05) is 18.1 Å². The lowest BCUT2D eigenvalue weighted by atomic mass is 10.0. The van der Waals surface area contributed by atoms with E-state index in [1.165, 1.54) is 0 Å². The zero-order chi connectivity index (χ0) is 15.4. The third-order valence-corrected chi connectivity index (χ3v) is 3.78. The van der Waals surface area contributed by atoms with Crippen molar-refractivity contribution in [1.82, 2.24) is 4.57 Å². The van der Waals surface area contributed by atoms with Crippen LogP contribution in [0.3, 0.4) is 0 Å². The van der Waals surface area contributed by atoms with Crippen molar-refractivity contribution in [1.29, 1.82) is 0 Å². The molecule has 0 saturated carbocycles. The van der Waals surface area contributed by atoms with E-state index in [2.05, 4.69) is 10.8 Å². The van der Waals surface area contributed by atoms with Gasteiger partial charge < -0.3 is 21.1 Å². The molecule has 2 aromatic rings. The van der Waals surface area contributed by atoms with Gasteiger partial charge in [0.05, 0.1) is 11.1 Å². The van der Waals surface area contributed by atoms with Gasteiger partial charge in [0.15, 0.2) is 0 Å². The van der Waals surface area contributed by atoms with Crippen LogP contribution in [0.5, 0.6) is 0 Å². The Labute approximate surface area is 124 Å². The van der Waals surface area contributed by atoms with Gasteiger partial charge in [-0.15, -0.1) is 0 Å². The fraction of sp³-hybridized carbons (Fsp3) is 0.438. The highest BCUT2D eigenvalue weighted by atomic mass is 16.4. The molecule has 1 aromatic carbocycles. The molecule has 0 spiro atoms. The maximum Gasteiger partial charge on any atom is 0.335 e. The van der Waals surface area contributed by atoms with E-state index in [0.29, 0.717) is 18.7 Å². The Hall–Kier alpha value is -1.85. The molecule has 1 aromatic heterocycles. The van der Waals surface area contributed by atoms with Gasteiger partial charge >= 0.3 is 5.97 Å². The van der Waals surface area contributed by atoms with Gasteiger partial charge in [-0.1, -0.05) is 6.92 Å². The van der Waals surface area contributed by atoms with Crippen molar-refractivity contribution in [3.8, 4) is 0 Å². The molecular formula is C16H23N3O2. The van der Waals surface area contributed by atoms with Crippen LogP contribution in [0.2, 0.25) is 0 Å². The maximum absolute atomic E-state index is 11.3. The van der Waals surface area contributed by atoms with Gasteiger partial charge in [-0.05, 0) is 55.6 Å². The van der Waals surface area contributed by atoms with Crippen LogP contribution >= 0.6 is 0 Å². The summed E-state index contributed by atoms with van der Waals surface area (Å²) >= 11 is 0. The summed E-state index contributed by atoms with van der Waals surface area (Å²) in [5.41, 5.74) is 14.9. The Kier molecular flexibility index (Phi) is 4.98. The molecule has 5 heteroatoms. The number of hydrogen-bond acceptors (Lipinski definition) is 3. The van der Waals surface area contributed by atoms with Crippen LogP contribution in [0.1, 0.15) is 34.8 Å². The lowest BCUT2D eigenvalue weighted by Crippen LogP contribution is -2.06. The van der Waals surface area contributed by atoms with E-state index in [9.17, 15) is 9.90 Å². The summed E-state index contributed by atoms with van der Waals surface area (Å²) in [7, 11) is 0. The molecule has 0 atom stereocenters. The number of benzene rings is 1. The van der Waals surface area contributed by atoms with E-state index >= 15 is 0 Å². The lowest BCUT2D eigenvalue weighted by molar-refractivity contribution is 0.0697. The molecule has 0 radical (unpaired) electrons. The second-order valence-electron chi connectivity index (χ2n) is 5.22. The van der Waals surface area contributed by atoms with Crippen molar-refractivity contribution >= 4 is 16.9 Å². The molecule has 0 aliphatic rings. The molecule has 5 N–H and O–H groups in total. The van der Waals surface area contributed by atoms with E-state index in [1.54, 1.807) is 12.1 Å². The van der Waals surface area contributed by atoms with E-state index in [0.717, 1.165) is 47.8 Å². The molecule has 0 aliphatic heterocycles. The zero-order valence-corrected chi connectivity index (χ0v) is 12.4. The molecule has 0 aliphatic carbocycles. The second kappa shape index (κ2) is 6.74. The second-order valence-corrected chi connectivity index (χ2v) is 5.22. The molecule has 2 rings (SSSR count). The Morgan fingerprint density at radius 3 is 2.57 bits per heavy atom.